The molecule has 11 heavy (non-hydrogen) atoms. The summed E-state index contributed by atoms with van der Waals surface area (Å²) in [6.07, 6.45) is 3.13. The van der Waals surface area contributed by atoms with Crippen molar-refractivity contribution in [1.29, 1.82) is 5.26 Å². The second-order valence-corrected chi connectivity index (χ2v) is 2.25. The lowest BCUT2D eigenvalue weighted by Gasteiger charge is -2.03. The van der Waals surface area contributed by atoms with Gasteiger partial charge in [-0.25, -0.2) is 0 Å². The van der Waals surface area contributed by atoms with Crippen molar-refractivity contribution in [2.75, 3.05) is 5.73 Å². The van der Waals surface area contributed by atoms with Crippen LogP contribution in [0.3, 0.4) is 0 Å². The fourth-order valence-corrected chi connectivity index (χ4v) is 0.826. The monoisotopic (exact) mass is 151 g/mol. The van der Waals surface area contributed by atoms with E-state index in [1.54, 1.807) is 0 Å². The quantitative estimate of drug-likeness (QED) is 0.653. The van der Waals surface area contributed by atoms with Crippen LogP contribution in [-0.4, -0.2) is 0 Å². The zero-order chi connectivity index (χ0) is 8.27. The van der Waals surface area contributed by atoms with Crippen LogP contribution >= 0.6 is 0 Å². The summed E-state index contributed by atoms with van der Waals surface area (Å²) >= 11 is 0. The molecule has 4 nitrogen and oxygen atoms in total. The number of nitriles is 1. The Morgan fingerprint density at radius 3 is 2.82 bits per heavy atom. The number of nitrogens with zero attached hydrogens (tertiary/aromatic N) is 1. The molecule has 0 spiro atoms. The molecule has 1 aromatic heterocycles. The topological polar surface area (TPSA) is 89.0 Å². The summed E-state index contributed by atoms with van der Waals surface area (Å²) in [4.78, 5) is 0. The molecule has 4 heteroatoms. The minimum Gasteiger partial charge on any atom is -0.470 e. The predicted molar refractivity (Wildman–Crippen MR) is 40.3 cm³/mol. The third-order valence-corrected chi connectivity index (χ3v) is 1.43. The fourth-order valence-electron chi connectivity index (χ4n) is 0.826. The van der Waals surface area contributed by atoms with Crippen LogP contribution in [0.5, 0.6) is 0 Å². The van der Waals surface area contributed by atoms with Gasteiger partial charge in [-0.05, 0) is 0 Å². The first-order chi connectivity index (χ1) is 5.25. The van der Waals surface area contributed by atoms with Gasteiger partial charge in [0.1, 0.15) is 6.26 Å². The number of hydrogen-bond donors (Lipinski definition) is 2. The van der Waals surface area contributed by atoms with E-state index in [9.17, 15) is 0 Å². The van der Waals surface area contributed by atoms with Crippen molar-refractivity contribution in [1.82, 2.24) is 0 Å². The molecule has 4 N–H and O–H groups in total. The maximum Gasteiger partial charge on any atom is 0.114 e. The van der Waals surface area contributed by atoms with E-state index < -0.39 is 0 Å². The van der Waals surface area contributed by atoms with Crippen LogP contribution in [0.4, 0.5) is 5.69 Å². The molecule has 0 bridgehead atoms. The van der Waals surface area contributed by atoms with E-state index in [4.69, 9.17) is 21.1 Å². The summed E-state index contributed by atoms with van der Waals surface area (Å²) in [5.41, 5.74) is 12.3. The van der Waals surface area contributed by atoms with Crippen LogP contribution in [-0.2, 0) is 0 Å². The molecule has 0 aliphatic heterocycles. The summed E-state index contributed by atoms with van der Waals surface area (Å²) in [5.74, 6) is 0. The SMILES string of the molecule is N#CC[C@H](N)c1cocc1N. The van der Waals surface area contributed by atoms with Crippen LogP contribution < -0.4 is 11.5 Å². The second-order valence-electron chi connectivity index (χ2n) is 2.25. The van der Waals surface area contributed by atoms with Crippen LogP contribution in [0.25, 0.3) is 0 Å². The van der Waals surface area contributed by atoms with Crippen molar-refractivity contribution in [3.63, 3.8) is 0 Å². The summed E-state index contributed by atoms with van der Waals surface area (Å²) in [5, 5.41) is 8.32. The Morgan fingerprint density at radius 1 is 1.64 bits per heavy atom. The number of nitrogens with two attached hydrogens (primary N) is 2. The van der Waals surface area contributed by atoms with E-state index in [1.807, 2.05) is 6.07 Å². The predicted octanol–water partition coefficient (Wildman–Crippen LogP) is 0.775. The van der Waals surface area contributed by atoms with Crippen molar-refractivity contribution >= 4 is 5.69 Å². The molecule has 1 atom stereocenters. The first-order valence-corrected chi connectivity index (χ1v) is 3.19. The molecule has 0 saturated carbocycles. The molecule has 58 valence electrons. The largest absolute Gasteiger partial charge is 0.470 e. The van der Waals surface area contributed by atoms with Crippen LogP contribution in [0, 0.1) is 11.3 Å². The number of furan rings is 1. The first kappa shape index (κ1) is 7.63. The lowest BCUT2D eigenvalue weighted by atomic mass is 10.1. The standard InChI is InChI=1S/C7H9N3O/c8-2-1-6(9)5-3-11-4-7(5)10/h3-4,6H,1,9-10H2/t6-/m0/s1. The van der Waals surface area contributed by atoms with Gasteiger partial charge in [0.05, 0.1) is 24.4 Å². The molecule has 0 unspecified atom stereocenters. The van der Waals surface area contributed by atoms with Crippen molar-refractivity contribution in [2.24, 2.45) is 5.73 Å². The minimum absolute atomic E-state index is 0.254. The maximum atomic E-state index is 8.32. The molecular weight excluding hydrogens is 142 g/mol. The Hall–Kier alpha value is -1.47. The molecule has 1 rings (SSSR count). The smallest absolute Gasteiger partial charge is 0.114 e. The molecule has 0 aliphatic rings. The van der Waals surface area contributed by atoms with E-state index >= 15 is 0 Å². The Kier molecular flexibility index (Phi) is 2.14. The van der Waals surface area contributed by atoms with Gasteiger partial charge in [0.2, 0.25) is 0 Å². The molecule has 1 heterocycles. The lowest BCUT2D eigenvalue weighted by Crippen LogP contribution is -2.09. The van der Waals surface area contributed by atoms with Crippen LogP contribution in [0.15, 0.2) is 16.9 Å². The average Bonchev–Trinajstić information content (AvgIpc) is 2.36. The number of anilines is 1. The molecule has 0 aromatic carbocycles. The van der Waals surface area contributed by atoms with Gasteiger partial charge in [-0.1, -0.05) is 0 Å². The first-order valence-electron chi connectivity index (χ1n) is 3.19. The average molecular weight is 151 g/mol. The second kappa shape index (κ2) is 3.08. The highest BCUT2D eigenvalue weighted by atomic mass is 16.3. The van der Waals surface area contributed by atoms with E-state index in [0.717, 1.165) is 0 Å². The summed E-state index contributed by atoms with van der Waals surface area (Å²) < 4.78 is 4.80. The Bertz CT molecular complexity index is 273. The molecule has 0 saturated heterocycles. The van der Waals surface area contributed by atoms with E-state index in [2.05, 4.69) is 0 Å². The van der Waals surface area contributed by atoms with E-state index in [-0.39, 0.29) is 12.5 Å². The highest BCUT2D eigenvalue weighted by molar-refractivity contribution is 5.44. The van der Waals surface area contributed by atoms with Gasteiger partial charge in [-0.2, -0.15) is 5.26 Å². The van der Waals surface area contributed by atoms with Gasteiger partial charge < -0.3 is 15.9 Å². The zero-order valence-corrected chi connectivity index (χ0v) is 5.95. The van der Waals surface area contributed by atoms with Crippen LogP contribution in [0.2, 0.25) is 0 Å². The Labute approximate surface area is 64.4 Å². The summed E-state index contributed by atoms with van der Waals surface area (Å²) in [6.45, 7) is 0. The maximum absolute atomic E-state index is 8.32. The highest BCUT2D eigenvalue weighted by Crippen LogP contribution is 2.21. The van der Waals surface area contributed by atoms with Crippen molar-refractivity contribution in [3.05, 3.63) is 18.1 Å². The van der Waals surface area contributed by atoms with Crippen molar-refractivity contribution in [2.45, 2.75) is 12.5 Å². The third kappa shape index (κ3) is 1.51. The summed E-state index contributed by atoms with van der Waals surface area (Å²) in [6, 6.07) is 1.63. The lowest BCUT2D eigenvalue weighted by molar-refractivity contribution is 0.559. The number of nitrogen functional groups attached to an aromatic ring is 1. The number of rotatable bonds is 2. The summed E-state index contributed by atoms with van der Waals surface area (Å²) in [7, 11) is 0. The molecule has 1 aromatic rings. The molecule has 0 radical (unpaired) electrons. The molecule has 0 amide bonds. The van der Waals surface area contributed by atoms with Gasteiger partial charge in [-0.15, -0.1) is 0 Å². The Morgan fingerprint density at radius 2 is 2.36 bits per heavy atom. The van der Waals surface area contributed by atoms with Gasteiger partial charge in [-0.3, -0.25) is 0 Å². The molecule has 0 aliphatic carbocycles. The molecule has 0 fully saturated rings. The zero-order valence-electron chi connectivity index (χ0n) is 5.95. The van der Waals surface area contributed by atoms with Crippen LogP contribution in [0.1, 0.15) is 18.0 Å². The highest BCUT2D eigenvalue weighted by Gasteiger charge is 2.10. The number of hydrogen-bond acceptors (Lipinski definition) is 4. The molecular formula is C7H9N3O. The minimum atomic E-state index is -0.334. The van der Waals surface area contributed by atoms with E-state index in [1.165, 1.54) is 12.5 Å². The third-order valence-electron chi connectivity index (χ3n) is 1.43. The van der Waals surface area contributed by atoms with Gasteiger partial charge in [0.15, 0.2) is 0 Å². The normalized spacial score (nSPS) is 12.4. The Balaban J connectivity index is 2.77. The van der Waals surface area contributed by atoms with Gasteiger partial charge in [0.25, 0.3) is 0 Å². The van der Waals surface area contributed by atoms with Gasteiger partial charge in [0, 0.05) is 11.6 Å². The van der Waals surface area contributed by atoms with E-state index in [0.29, 0.717) is 11.3 Å². The fraction of sp³-hybridized carbons (Fsp3) is 0.286. The van der Waals surface area contributed by atoms with Crippen molar-refractivity contribution in [3.8, 4) is 6.07 Å². The van der Waals surface area contributed by atoms with Crippen molar-refractivity contribution < 1.29 is 4.42 Å². The van der Waals surface area contributed by atoms with Gasteiger partial charge >= 0.3 is 0 Å².